The summed E-state index contributed by atoms with van der Waals surface area (Å²) in [5.41, 5.74) is 1.55. The molecule has 0 aliphatic heterocycles. The first-order valence-corrected chi connectivity index (χ1v) is 5.52. The number of nitriles is 1. The highest BCUT2D eigenvalue weighted by atomic mass is 16.5. The Balaban J connectivity index is 3.08. The van der Waals surface area contributed by atoms with Crippen molar-refractivity contribution in [2.45, 2.75) is 26.7 Å². The van der Waals surface area contributed by atoms with Gasteiger partial charge in [0.2, 0.25) is 0 Å². The second-order valence-electron chi connectivity index (χ2n) is 3.60. The van der Waals surface area contributed by atoms with Gasteiger partial charge in [0, 0.05) is 0 Å². The summed E-state index contributed by atoms with van der Waals surface area (Å²) in [4.78, 5) is 11.4. The fourth-order valence-corrected chi connectivity index (χ4v) is 1.59. The first kappa shape index (κ1) is 13.0. The largest absolute Gasteiger partial charge is 0.507 e. The van der Waals surface area contributed by atoms with Crippen molar-refractivity contribution in [3.05, 3.63) is 28.8 Å². The fourth-order valence-electron chi connectivity index (χ4n) is 1.59. The maximum absolute atomic E-state index is 11.4. The lowest BCUT2D eigenvalue weighted by atomic mass is 10.00. The predicted octanol–water partition coefficient (Wildman–Crippen LogP) is 1.93. The normalized spacial score (nSPS) is 9.71. The second-order valence-corrected chi connectivity index (χ2v) is 3.60. The van der Waals surface area contributed by atoms with Crippen LogP contribution in [0.5, 0.6) is 5.75 Å². The van der Waals surface area contributed by atoms with Crippen LogP contribution in [-0.4, -0.2) is 17.7 Å². The van der Waals surface area contributed by atoms with Crippen molar-refractivity contribution in [2.24, 2.45) is 0 Å². The van der Waals surface area contributed by atoms with Crippen LogP contribution in [0.1, 0.15) is 30.5 Å². The Bertz CT molecular complexity index is 460. The van der Waals surface area contributed by atoms with Gasteiger partial charge in [-0.1, -0.05) is 13.0 Å². The standard InChI is InChI=1S/C13H15NO3/c1-3-9-5-10(7-13(16)17-4-2)11(8-14)12(15)6-9/h5-6,15H,3-4,7H2,1-2H3. The highest BCUT2D eigenvalue weighted by Gasteiger charge is 2.13. The number of hydrogen-bond donors (Lipinski definition) is 1. The molecule has 0 fully saturated rings. The molecule has 1 N–H and O–H groups in total. The average Bonchev–Trinajstić information content (AvgIpc) is 2.28. The van der Waals surface area contributed by atoms with Gasteiger partial charge in [-0.15, -0.1) is 0 Å². The van der Waals surface area contributed by atoms with E-state index in [0.717, 1.165) is 12.0 Å². The number of benzene rings is 1. The van der Waals surface area contributed by atoms with Crippen molar-refractivity contribution in [1.82, 2.24) is 0 Å². The summed E-state index contributed by atoms with van der Waals surface area (Å²) >= 11 is 0. The van der Waals surface area contributed by atoms with Crippen molar-refractivity contribution >= 4 is 5.97 Å². The molecule has 0 atom stereocenters. The number of hydrogen-bond acceptors (Lipinski definition) is 4. The van der Waals surface area contributed by atoms with Crippen molar-refractivity contribution in [1.29, 1.82) is 5.26 Å². The van der Waals surface area contributed by atoms with Gasteiger partial charge >= 0.3 is 5.97 Å². The number of carbonyl (C=O) groups is 1. The van der Waals surface area contributed by atoms with E-state index >= 15 is 0 Å². The predicted molar refractivity (Wildman–Crippen MR) is 62.5 cm³/mol. The summed E-state index contributed by atoms with van der Waals surface area (Å²) < 4.78 is 4.83. The molecular formula is C13H15NO3. The first-order valence-electron chi connectivity index (χ1n) is 5.52. The van der Waals surface area contributed by atoms with Crippen LogP contribution in [0.4, 0.5) is 0 Å². The molecule has 0 saturated carbocycles. The van der Waals surface area contributed by atoms with Gasteiger partial charge in [0.15, 0.2) is 0 Å². The number of phenolic OH excluding ortho intramolecular Hbond substituents is 1. The number of carbonyl (C=O) groups excluding carboxylic acids is 1. The molecule has 17 heavy (non-hydrogen) atoms. The zero-order valence-corrected chi connectivity index (χ0v) is 9.99. The monoisotopic (exact) mass is 233 g/mol. The Kier molecular flexibility index (Phi) is 4.53. The SMILES string of the molecule is CCOC(=O)Cc1cc(CC)cc(O)c1C#N. The van der Waals surface area contributed by atoms with Crippen LogP contribution in [0.2, 0.25) is 0 Å². The zero-order valence-electron chi connectivity index (χ0n) is 9.99. The van der Waals surface area contributed by atoms with E-state index in [4.69, 9.17) is 10.00 Å². The Morgan fingerprint density at radius 1 is 1.47 bits per heavy atom. The third-order valence-electron chi connectivity index (χ3n) is 2.42. The lowest BCUT2D eigenvalue weighted by Crippen LogP contribution is -2.09. The summed E-state index contributed by atoms with van der Waals surface area (Å²) in [6, 6.07) is 5.21. The van der Waals surface area contributed by atoms with Crippen LogP contribution in [0, 0.1) is 11.3 Å². The molecule has 0 radical (unpaired) electrons. The number of esters is 1. The molecule has 0 aliphatic carbocycles. The van der Waals surface area contributed by atoms with Gasteiger partial charge in [-0.2, -0.15) is 5.26 Å². The van der Waals surface area contributed by atoms with Crippen molar-refractivity contribution < 1.29 is 14.6 Å². The summed E-state index contributed by atoms with van der Waals surface area (Å²) in [6.07, 6.45) is 0.743. The van der Waals surface area contributed by atoms with Crippen molar-refractivity contribution in [3.63, 3.8) is 0 Å². The van der Waals surface area contributed by atoms with E-state index < -0.39 is 5.97 Å². The third kappa shape index (κ3) is 3.22. The number of nitrogens with zero attached hydrogens (tertiary/aromatic N) is 1. The number of rotatable bonds is 4. The molecule has 0 aromatic heterocycles. The van der Waals surface area contributed by atoms with Crippen LogP contribution >= 0.6 is 0 Å². The molecule has 1 rings (SSSR count). The molecule has 0 heterocycles. The molecule has 4 nitrogen and oxygen atoms in total. The number of phenols is 1. The minimum atomic E-state index is -0.392. The van der Waals surface area contributed by atoms with E-state index in [0.29, 0.717) is 12.2 Å². The molecule has 4 heteroatoms. The fraction of sp³-hybridized carbons (Fsp3) is 0.385. The maximum Gasteiger partial charge on any atom is 0.310 e. The summed E-state index contributed by atoms with van der Waals surface area (Å²) in [5, 5.41) is 18.6. The van der Waals surface area contributed by atoms with Gasteiger partial charge in [-0.3, -0.25) is 4.79 Å². The summed E-state index contributed by atoms with van der Waals surface area (Å²) in [6.45, 7) is 3.97. The Labute approximate surface area is 100 Å². The molecule has 0 aliphatic rings. The van der Waals surface area contributed by atoms with Crippen LogP contribution in [0.3, 0.4) is 0 Å². The number of aryl methyl sites for hydroxylation is 1. The van der Waals surface area contributed by atoms with Gasteiger partial charge in [0.25, 0.3) is 0 Å². The molecule has 0 bridgehead atoms. The van der Waals surface area contributed by atoms with Gasteiger partial charge in [0.1, 0.15) is 11.8 Å². The molecule has 1 aromatic rings. The minimum absolute atomic E-state index is 0.0120. The van der Waals surface area contributed by atoms with Gasteiger partial charge in [-0.25, -0.2) is 0 Å². The molecule has 0 unspecified atom stereocenters. The summed E-state index contributed by atoms with van der Waals surface area (Å²) in [7, 11) is 0. The van der Waals surface area contributed by atoms with Crippen LogP contribution in [-0.2, 0) is 22.4 Å². The quantitative estimate of drug-likeness (QED) is 0.807. The van der Waals surface area contributed by atoms with E-state index in [1.165, 1.54) is 0 Å². The lowest BCUT2D eigenvalue weighted by molar-refractivity contribution is -0.142. The van der Waals surface area contributed by atoms with Crippen LogP contribution in [0.25, 0.3) is 0 Å². The minimum Gasteiger partial charge on any atom is -0.507 e. The second kappa shape index (κ2) is 5.90. The first-order chi connectivity index (χ1) is 8.12. The smallest absolute Gasteiger partial charge is 0.310 e. The van der Waals surface area contributed by atoms with E-state index in [2.05, 4.69) is 0 Å². The van der Waals surface area contributed by atoms with Crippen LogP contribution < -0.4 is 0 Å². The third-order valence-corrected chi connectivity index (χ3v) is 2.42. The maximum atomic E-state index is 11.4. The van der Waals surface area contributed by atoms with Crippen molar-refractivity contribution in [2.75, 3.05) is 6.61 Å². The zero-order chi connectivity index (χ0) is 12.8. The van der Waals surface area contributed by atoms with E-state index in [-0.39, 0.29) is 17.7 Å². The van der Waals surface area contributed by atoms with Crippen molar-refractivity contribution in [3.8, 4) is 11.8 Å². The molecular weight excluding hydrogens is 218 g/mol. The van der Waals surface area contributed by atoms with Gasteiger partial charge < -0.3 is 9.84 Å². The molecule has 0 spiro atoms. The van der Waals surface area contributed by atoms with E-state index in [9.17, 15) is 9.90 Å². The average molecular weight is 233 g/mol. The lowest BCUT2D eigenvalue weighted by Gasteiger charge is -2.08. The number of aromatic hydroxyl groups is 1. The Morgan fingerprint density at radius 2 is 2.18 bits per heavy atom. The summed E-state index contributed by atoms with van der Waals surface area (Å²) in [5.74, 6) is -0.470. The van der Waals surface area contributed by atoms with Gasteiger partial charge in [0.05, 0.1) is 18.6 Å². The molecule has 0 amide bonds. The topological polar surface area (TPSA) is 70.3 Å². The van der Waals surface area contributed by atoms with E-state index in [1.807, 2.05) is 13.0 Å². The van der Waals surface area contributed by atoms with Crippen LogP contribution in [0.15, 0.2) is 12.1 Å². The Hall–Kier alpha value is -2.02. The molecule has 1 aromatic carbocycles. The highest BCUT2D eigenvalue weighted by Crippen LogP contribution is 2.24. The highest BCUT2D eigenvalue weighted by molar-refractivity contribution is 5.74. The number of ether oxygens (including phenoxy) is 1. The molecule has 90 valence electrons. The van der Waals surface area contributed by atoms with E-state index in [1.54, 1.807) is 19.1 Å². The molecule has 0 saturated heterocycles. The Morgan fingerprint density at radius 3 is 2.71 bits per heavy atom. The van der Waals surface area contributed by atoms with Gasteiger partial charge in [-0.05, 0) is 30.5 Å².